The zero-order valence-corrected chi connectivity index (χ0v) is 11.9. The fraction of sp³-hybridized carbons (Fsp3) is 0.500. The van der Waals surface area contributed by atoms with Gasteiger partial charge in [0.25, 0.3) is 0 Å². The molecular formula is C14H17Cl2NO. The van der Waals surface area contributed by atoms with Gasteiger partial charge in [-0.3, -0.25) is 4.79 Å². The monoisotopic (exact) mass is 285 g/mol. The molecule has 0 heterocycles. The summed E-state index contributed by atoms with van der Waals surface area (Å²) in [6, 6.07) is 9.89. The average Bonchev–Trinajstić information content (AvgIpc) is 3.21. The lowest BCUT2D eigenvalue weighted by Crippen LogP contribution is -2.52. The van der Waals surface area contributed by atoms with Crippen molar-refractivity contribution in [1.82, 2.24) is 5.32 Å². The molecule has 0 radical (unpaired) electrons. The van der Waals surface area contributed by atoms with E-state index < -0.39 is 5.54 Å². The molecule has 4 heteroatoms. The molecule has 1 aliphatic rings. The van der Waals surface area contributed by atoms with E-state index >= 15 is 0 Å². The summed E-state index contributed by atoms with van der Waals surface area (Å²) in [5.74, 6) is 0.665. The predicted molar refractivity (Wildman–Crippen MR) is 75.3 cm³/mol. The lowest BCUT2D eigenvalue weighted by molar-refractivity contribution is -0.124. The average molecular weight is 286 g/mol. The van der Waals surface area contributed by atoms with Gasteiger partial charge in [0.2, 0.25) is 5.91 Å². The summed E-state index contributed by atoms with van der Waals surface area (Å²) in [5, 5.41) is 2.99. The van der Waals surface area contributed by atoms with Crippen LogP contribution in [0.15, 0.2) is 30.3 Å². The molecular weight excluding hydrogens is 269 g/mol. The van der Waals surface area contributed by atoms with Gasteiger partial charge in [-0.1, -0.05) is 30.3 Å². The van der Waals surface area contributed by atoms with Crippen molar-refractivity contribution in [3.8, 4) is 0 Å². The SMILES string of the molecule is CC(CCl)(CCl)NC(=O)C1(c2ccccc2)CC1. The fourth-order valence-electron chi connectivity index (χ4n) is 2.03. The highest BCUT2D eigenvalue weighted by Gasteiger charge is 2.52. The lowest BCUT2D eigenvalue weighted by atomic mass is 9.93. The number of hydrogen-bond acceptors (Lipinski definition) is 1. The van der Waals surface area contributed by atoms with Crippen LogP contribution in [0.25, 0.3) is 0 Å². The van der Waals surface area contributed by atoms with Gasteiger partial charge in [0.05, 0.1) is 11.0 Å². The van der Waals surface area contributed by atoms with Crippen LogP contribution in [-0.2, 0) is 10.2 Å². The van der Waals surface area contributed by atoms with Crippen molar-refractivity contribution < 1.29 is 4.79 Å². The lowest BCUT2D eigenvalue weighted by Gasteiger charge is -2.28. The zero-order chi connectivity index (χ0) is 13.2. The number of halogens is 2. The summed E-state index contributed by atoms with van der Waals surface area (Å²) >= 11 is 11.7. The van der Waals surface area contributed by atoms with Crippen LogP contribution < -0.4 is 5.32 Å². The van der Waals surface area contributed by atoms with E-state index in [1.54, 1.807) is 0 Å². The normalized spacial score (nSPS) is 17.3. The Morgan fingerprint density at radius 1 is 1.28 bits per heavy atom. The highest BCUT2D eigenvalue weighted by Crippen LogP contribution is 2.48. The first kappa shape index (κ1) is 13.7. The Morgan fingerprint density at radius 2 is 1.83 bits per heavy atom. The maximum atomic E-state index is 12.4. The Kier molecular flexibility index (Phi) is 3.88. The van der Waals surface area contributed by atoms with Gasteiger partial charge in [-0.15, -0.1) is 23.2 Å². The van der Waals surface area contributed by atoms with Crippen LogP contribution in [0.4, 0.5) is 0 Å². The van der Waals surface area contributed by atoms with E-state index in [4.69, 9.17) is 23.2 Å². The molecule has 98 valence electrons. The van der Waals surface area contributed by atoms with Gasteiger partial charge in [-0.25, -0.2) is 0 Å². The van der Waals surface area contributed by atoms with Crippen molar-refractivity contribution in [3.05, 3.63) is 35.9 Å². The predicted octanol–water partition coefficient (Wildman–Crippen LogP) is 3.07. The summed E-state index contributed by atoms with van der Waals surface area (Å²) in [7, 11) is 0. The largest absolute Gasteiger partial charge is 0.348 e. The summed E-state index contributed by atoms with van der Waals surface area (Å²) < 4.78 is 0. The van der Waals surface area contributed by atoms with Gasteiger partial charge in [0.1, 0.15) is 0 Å². The van der Waals surface area contributed by atoms with Gasteiger partial charge < -0.3 is 5.32 Å². The summed E-state index contributed by atoms with van der Waals surface area (Å²) in [4.78, 5) is 12.4. The summed E-state index contributed by atoms with van der Waals surface area (Å²) in [6.07, 6.45) is 1.78. The van der Waals surface area contributed by atoms with Gasteiger partial charge in [0, 0.05) is 11.8 Å². The number of carbonyl (C=O) groups is 1. The third-order valence-electron chi connectivity index (χ3n) is 3.52. The highest BCUT2D eigenvalue weighted by molar-refractivity contribution is 6.22. The van der Waals surface area contributed by atoms with Crippen LogP contribution in [-0.4, -0.2) is 23.2 Å². The van der Waals surface area contributed by atoms with Gasteiger partial charge >= 0.3 is 0 Å². The van der Waals surface area contributed by atoms with E-state index in [0.717, 1.165) is 18.4 Å². The standard InChI is InChI=1S/C14H17Cl2NO/c1-13(9-15,10-16)17-12(18)14(7-8-14)11-5-3-2-4-6-11/h2-6H,7-10H2,1H3,(H,17,18). The van der Waals surface area contributed by atoms with Crippen molar-refractivity contribution in [2.24, 2.45) is 0 Å². The Balaban J connectivity index is 2.15. The van der Waals surface area contributed by atoms with Crippen LogP contribution in [0.1, 0.15) is 25.3 Å². The van der Waals surface area contributed by atoms with Gasteiger partial charge in [0.15, 0.2) is 0 Å². The van der Waals surface area contributed by atoms with Crippen molar-refractivity contribution in [3.63, 3.8) is 0 Å². The number of nitrogens with one attached hydrogen (secondary N) is 1. The van der Waals surface area contributed by atoms with E-state index in [-0.39, 0.29) is 11.3 Å². The number of carbonyl (C=O) groups excluding carboxylic acids is 1. The third-order valence-corrected chi connectivity index (χ3v) is 4.70. The number of amides is 1. The number of benzene rings is 1. The maximum Gasteiger partial charge on any atom is 0.231 e. The van der Waals surface area contributed by atoms with Crippen LogP contribution in [0.2, 0.25) is 0 Å². The second-order valence-electron chi connectivity index (χ2n) is 5.23. The van der Waals surface area contributed by atoms with E-state index in [0.29, 0.717) is 11.8 Å². The Bertz CT molecular complexity index is 425. The molecule has 0 bridgehead atoms. The molecule has 0 atom stereocenters. The molecule has 0 unspecified atom stereocenters. The quantitative estimate of drug-likeness (QED) is 0.828. The maximum absolute atomic E-state index is 12.4. The van der Waals surface area contributed by atoms with Gasteiger partial charge in [-0.2, -0.15) is 0 Å². The Hall–Kier alpha value is -0.730. The first-order chi connectivity index (χ1) is 8.56. The molecule has 1 saturated carbocycles. The topological polar surface area (TPSA) is 29.1 Å². The molecule has 1 aliphatic carbocycles. The first-order valence-electron chi connectivity index (χ1n) is 6.06. The molecule has 0 aromatic heterocycles. The minimum Gasteiger partial charge on any atom is -0.348 e. The van der Waals surface area contributed by atoms with E-state index in [1.165, 1.54) is 0 Å². The molecule has 1 N–H and O–H groups in total. The van der Waals surface area contributed by atoms with Crippen molar-refractivity contribution in [1.29, 1.82) is 0 Å². The van der Waals surface area contributed by atoms with Gasteiger partial charge in [-0.05, 0) is 25.3 Å². The number of rotatable bonds is 5. The minimum absolute atomic E-state index is 0.0394. The molecule has 0 aliphatic heterocycles. The minimum atomic E-state index is -0.537. The van der Waals surface area contributed by atoms with Crippen molar-refractivity contribution >= 4 is 29.1 Å². The fourth-order valence-corrected chi connectivity index (χ4v) is 2.44. The van der Waals surface area contributed by atoms with Crippen LogP contribution in [0.5, 0.6) is 0 Å². The van der Waals surface area contributed by atoms with E-state index in [2.05, 4.69) is 5.32 Å². The second kappa shape index (κ2) is 5.10. The summed E-state index contributed by atoms with van der Waals surface area (Å²) in [6.45, 7) is 1.87. The smallest absolute Gasteiger partial charge is 0.231 e. The summed E-state index contributed by atoms with van der Waals surface area (Å²) in [5.41, 5.74) is 0.180. The first-order valence-corrected chi connectivity index (χ1v) is 7.13. The number of alkyl halides is 2. The van der Waals surface area contributed by atoms with Crippen molar-refractivity contribution in [2.75, 3.05) is 11.8 Å². The molecule has 1 aromatic carbocycles. The zero-order valence-electron chi connectivity index (χ0n) is 10.4. The third kappa shape index (κ3) is 2.50. The van der Waals surface area contributed by atoms with E-state index in [9.17, 15) is 4.79 Å². The Morgan fingerprint density at radius 3 is 2.28 bits per heavy atom. The molecule has 0 spiro atoms. The molecule has 2 nitrogen and oxygen atoms in total. The van der Waals surface area contributed by atoms with Crippen LogP contribution in [0, 0.1) is 0 Å². The van der Waals surface area contributed by atoms with E-state index in [1.807, 2.05) is 37.3 Å². The molecule has 2 rings (SSSR count). The molecule has 1 amide bonds. The molecule has 0 saturated heterocycles. The molecule has 18 heavy (non-hydrogen) atoms. The Labute approximate surface area is 118 Å². The van der Waals surface area contributed by atoms with Crippen LogP contribution >= 0.6 is 23.2 Å². The molecule has 1 fully saturated rings. The number of hydrogen-bond donors (Lipinski definition) is 1. The molecule has 1 aromatic rings. The second-order valence-corrected chi connectivity index (χ2v) is 5.76. The van der Waals surface area contributed by atoms with Crippen molar-refractivity contribution in [2.45, 2.75) is 30.7 Å². The van der Waals surface area contributed by atoms with Crippen LogP contribution in [0.3, 0.4) is 0 Å². The highest BCUT2D eigenvalue weighted by atomic mass is 35.5.